The SMILES string of the molecule is COc1cc(CNC(=O)c2ccc(Cl)c(S(C)(=O)=O)c2)ccc1OCc1ccncc1. The summed E-state index contributed by atoms with van der Waals surface area (Å²) in [4.78, 5) is 16.4. The van der Waals surface area contributed by atoms with Crippen LogP contribution in [0.5, 0.6) is 11.5 Å². The zero-order valence-electron chi connectivity index (χ0n) is 17.0. The maximum absolute atomic E-state index is 12.5. The van der Waals surface area contributed by atoms with E-state index in [4.69, 9.17) is 21.1 Å². The predicted octanol–water partition coefficient (Wildman–Crippen LogP) is 3.66. The standard InChI is InChI=1S/C22H21ClN2O5S/c1-29-20-11-16(3-6-19(20)30-14-15-7-9-24-10-8-15)13-25-22(26)17-4-5-18(23)21(12-17)31(2,27)28/h3-12H,13-14H2,1-2H3,(H,25,26). The first-order chi connectivity index (χ1) is 14.8. The number of hydrogen-bond donors (Lipinski definition) is 1. The molecule has 0 bridgehead atoms. The summed E-state index contributed by atoms with van der Waals surface area (Å²) in [6, 6.07) is 13.2. The van der Waals surface area contributed by atoms with Gasteiger partial charge in [-0.05, 0) is 53.6 Å². The molecule has 162 valence electrons. The largest absolute Gasteiger partial charge is 0.493 e. The van der Waals surface area contributed by atoms with Crippen molar-refractivity contribution < 1.29 is 22.7 Å². The number of ether oxygens (including phenoxy) is 2. The molecule has 0 radical (unpaired) electrons. The topological polar surface area (TPSA) is 94.6 Å². The van der Waals surface area contributed by atoms with Crippen molar-refractivity contribution in [3.63, 3.8) is 0 Å². The van der Waals surface area contributed by atoms with Gasteiger partial charge in [-0.25, -0.2) is 8.42 Å². The van der Waals surface area contributed by atoms with Crippen LogP contribution in [0.3, 0.4) is 0 Å². The van der Waals surface area contributed by atoms with Crippen molar-refractivity contribution in [3.05, 3.63) is 82.6 Å². The fourth-order valence-electron chi connectivity index (χ4n) is 2.79. The van der Waals surface area contributed by atoms with Crippen LogP contribution in [0.15, 0.2) is 65.8 Å². The van der Waals surface area contributed by atoms with Gasteiger partial charge in [-0.1, -0.05) is 17.7 Å². The summed E-state index contributed by atoms with van der Waals surface area (Å²) in [7, 11) is -2.00. The number of nitrogens with one attached hydrogen (secondary N) is 1. The fraction of sp³-hybridized carbons (Fsp3) is 0.182. The number of rotatable bonds is 8. The number of carbonyl (C=O) groups excluding carboxylic acids is 1. The number of benzene rings is 2. The normalized spacial score (nSPS) is 11.1. The Kier molecular flexibility index (Phi) is 7.14. The minimum absolute atomic E-state index is 0.0751. The van der Waals surface area contributed by atoms with Crippen molar-refractivity contribution in [2.45, 2.75) is 18.0 Å². The van der Waals surface area contributed by atoms with Crippen LogP contribution in [0.2, 0.25) is 5.02 Å². The van der Waals surface area contributed by atoms with Crippen LogP contribution in [0.4, 0.5) is 0 Å². The van der Waals surface area contributed by atoms with Gasteiger partial charge in [0.25, 0.3) is 5.91 Å². The monoisotopic (exact) mass is 460 g/mol. The van der Waals surface area contributed by atoms with Gasteiger partial charge in [0.1, 0.15) is 6.61 Å². The number of carbonyl (C=O) groups is 1. The minimum Gasteiger partial charge on any atom is -0.493 e. The van der Waals surface area contributed by atoms with E-state index in [9.17, 15) is 13.2 Å². The third-order valence-electron chi connectivity index (χ3n) is 4.42. The van der Waals surface area contributed by atoms with E-state index in [1.165, 1.54) is 25.3 Å². The molecule has 3 rings (SSSR count). The molecule has 0 fully saturated rings. The van der Waals surface area contributed by atoms with Crippen LogP contribution in [0.1, 0.15) is 21.5 Å². The molecule has 7 nitrogen and oxygen atoms in total. The highest BCUT2D eigenvalue weighted by molar-refractivity contribution is 7.90. The van der Waals surface area contributed by atoms with Gasteiger partial charge < -0.3 is 14.8 Å². The quantitative estimate of drug-likeness (QED) is 0.551. The zero-order valence-corrected chi connectivity index (χ0v) is 18.5. The number of aromatic nitrogens is 1. The third-order valence-corrected chi connectivity index (χ3v) is 6.00. The van der Waals surface area contributed by atoms with Crippen LogP contribution in [-0.2, 0) is 23.0 Å². The van der Waals surface area contributed by atoms with Crippen molar-refractivity contribution in [2.75, 3.05) is 13.4 Å². The van der Waals surface area contributed by atoms with Gasteiger partial charge in [0.2, 0.25) is 0 Å². The lowest BCUT2D eigenvalue weighted by Gasteiger charge is -2.13. The molecule has 1 heterocycles. The van der Waals surface area contributed by atoms with E-state index in [1.807, 2.05) is 18.2 Å². The van der Waals surface area contributed by atoms with E-state index < -0.39 is 15.7 Å². The Morgan fingerprint density at radius 1 is 1.03 bits per heavy atom. The molecule has 0 saturated carbocycles. The molecular weight excluding hydrogens is 440 g/mol. The molecule has 0 atom stereocenters. The summed E-state index contributed by atoms with van der Waals surface area (Å²) in [5.41, 5.74) is 1.97. The highest BCUT2D eigenvalue weighted by Crippen LogP contribution is 2.29. The van der Waals surface area contributed by atoms with E-state index in [0.29, 0.717) is 18.1 Å². The van der Waals surface area contributed by atoms with Gasteiger partial charge in [-0.15, -0.1) is 0 Å². The van der Waals surface area contributed by atoms with Gasteiger partial charge in [0.15, 0.2) is 21.3 Å². The summed E-state index contributed by atoms with van der Waals surface area (Å²) in [5, 5.41) is 2.84. The maximum Gasteiger partial charge on any atom is 0.251 e. The first-order valence-electron chi connectivity index (χ1n) is 9.24. The third kappa shape index (κ3) is 5.96. The summed E-state index contributed by atoms with van der Waals surface area (Å²) in [5.74, 6) is 0.690. The minimum atomic E-state index is -3.54. The van der Waals surface area contributed by atoms with Crippen LogP contribution >= 0.6 is 11.6 Å². The van der Waals surface area contributed by atoms with Crippen molar-refractivity contribution >= 4 is 27.3 Å². The number of halogens is 1. The van der Waals surface area contributed by atoms with Gasteiger partial charge in [0.05, 0.1) is 17.0 Å². The Hall–Kier alpha value is -3.10. The fourth-order valence-corrected chi connectivity index (χ4v) is 4.10. The number of methoxy groups -OCH3 is 1. The Morgan fingerprint density at radius 3 is 2.45 bits per heavy atom. The molecule has 3 aromatic rings. The summed E-state index contributed by atoms with van der Waals surface area (Å²) in [6.45, 7) is 0.588. The second-order valence-electron chi connectivity index (χ2n) is 6.73. The van der Waals surface area contributed by atoms with E-state index >= 15 is 0 Å². The summed E-state index contributed by atoms with van der Waals surface area (Å²) in [6.07, 6.45) is 4.43. The van der Waals surface area contributed by atoms with Crippen molar-refractivity contribution in [1.29, 1.82) is 0 Å². The van der Waals surface area contributed by atoms with Crippen LogP contribution in [0.25, 0.3) is 0 Å². The molecule has 1 N–H and O–H groups in total. The molecule has 0 unspecified atom stereocenters. The Labute approximate surface area is 185 Å². The van der Waals surface area contributed by atoms with Gasteiger partial charge >= 0.3 is 0 Å². The van der Waals surface area contributed by atoms with E-state index in [0.717, 1.165) is 17.4 Å². The number of nitrogens with zero attached hydrogens (tertiary/aromatic N) is 1. The molecule has 1 aromatic heterocycles. The highest BCUT2D eigenvalue weighted by atomic mass is 35.5. The van der Waals surface area contributed by atoms with Gasteiger partial charge in [-0.2, -0.15) is 0 Å². The first-order valence-corrected chi connectivity index (χ1v) is 11.5. The van der Waals surface area contributed by atoms with E-state index in [1.54, 1.807) is 24.5 Å². The average Bonchev–Trinajstić information content (AvgIpc) is 2.76. The second kappa shape index (κ2) is 9.80. The number of sulfone groups is 1. The lowest BCUT2D eigenvalue weighted by Crippen LogP contribution is -2.23. The van der Waals surface area contributed by atoms with Crippen molar-refractivity contribution in [1.82, 2.24) is 10.3 Å². The molecule has 2 aromatic carbocycles. The lowest BCUT2D eigenvalue weighted by atomic mass is 10.1. The molecule has 0 saturated heterocycles. The summed E-state index contributed by atoms with van der Waals surface area (Å²) < 4.78 is 34.8. The van der Waals surface area contributed by atoms with Crippen molar-refractivity contribution in [2.24, 2.45) is 0 Å². The molecule has 9 heteroatoms. The van der Waals surface area contributed by atoms with Crippen LogP contribution < -0.4 is 14.8 Å². The molecule has 31 heavy (non-hydrogen) atoms. The highest BCUT2D eigenvalue weighted by Gasteiger charge is 2.16. The second-order valence-corrected chi connectivity index (χ2v) is 9.12. The van der Waals surface area contributed by atoms with Gasteiger partial charge in [0, 0.05) is 30.8 Å². The zero-order chi connectivity index (χ0) is 22.4. The smallest absolute Gasteiger partial charge is 0.251 e. The number of pyridine rings is 1. The molecular formula is C22H21ClN2O5S. The molecule has 0 spiro atoms. The average molecular weight is 461 g/mol. The maximum atomic E-state index is 12.5. The Morgan fingerprint density at radius 2 is 1.77 bits per heavy atom. The van der Waals surface area contributed by atoms with Crippen LogP contribution in [0, 0.1) is 0 Å². The first kappa shape index (κ1) is 22.6. The molecule has 0 aliphatic carbocycles. The molecule has 1 amide bonds. The predicted molar refractivity (Wildman–Crippen MR) is 117 cm³/mol. The molecule has 0 aliphatic rings. The van der Waals surface area contributed by atoms with Crippen molar-refractivity contribution in [3.8, 4) is 11.5 Å². The summed E-state index contributed by atoms with van der Waals surface area (Å²) >= 11 is 5.93. The molecule has 0 aliphatic heterocycles. The van der Waals surface area contributed by atoms with E-state index in [2.05, 4.69) is 10.3 Å². The Bertz CT molecular complexity index is 1180. The van der Waals surface area contributed by atoms with Gasteiger partial charge in [-0.3, -0.25) is 9.78 Å². The lowest BCUT2D eigenvalue weighted by molar-refractivity contribution is 0.0950. The number of amides is 1. The van der Waals surface area contributed by atoms with Crippen LogP contribution in [-0.4, -0.2) is 32.7 Å². The van der Waals surface area contributed by atoms with E-state index in [-0.39, 0.29) is 22.0 Å². The number of hydrogen-bond acceptors (Lipinski definition) is 6. The Balaban J connectivity index is 1.67.